The van der Waals surface area contributed by atoms with E-state index in [1.54, 1.807) is 36.1 Å². The van der Waals surface area contributed by atoms with Crippen molar-refractivity contribution >= 4 is 21.6 Å². The normalized spacial score (nSPS) is 14.7. The maximum Gasteiger partial charge on any atom is 0.263 e. The van der Waals surface area contributed by atoms with Crippen LogP contribution in [0.3, 0.4) is 0 Å². The number of carbonyl (C=O) groups excluding carboxylic acids is 1. The summed E-state index contributed by atoms with van der Waals surface area (Å²) >= 11 is 0. The van der Waals surface area contributed by atoms with E-state index in [2.05, 4.69) is 4.72 Å². The standard InChI is InChI=1S/C28H32FN3O5S/c1-21(37-24-6-4-3-5-7-24)28(33)32-18-16-31(17-19-32)26-20-25(12-13-27(26)36-2)38(34,35)30-15-14-22-8-10-23(29)11-9-22/h3-13,20-21,30H,14-19H2,1-2H3. The zero-order valence-electron chi connectivity index (χ0n) is 21.5. The van der Waals surface area contributed by atoms with Crippen LogP contribution >= 0.6 is 0 Å². The van der Waals surface area contributed by atoms with Crippen molar-refractivity contribution in [3.05, 3.63) is 84.2 Å². The van der Waals surface area contributed by atoms with Crippen molar-refractivity contribution < 1.29 is 27.1 Å². The van der Waals surface area contributed by atoms with Crippen LogP contribution in [-0.2, 0) is 21.2 Å². The zero-order chi connectivity index (χ0) is 27.1. The number of para-hydroxylation sites is 1. The second-order valence-electron chi connectivity index (χ2n) is 8.99. The van der Waals surface area contributed by atoms with E-state index in [9.17, 15) is 17.6 Å². The summed E-state index contributed by atoms with van der Waals surface area (Å²) < 4.78 is 53.0. The van der Waals surface area contributed by atoms with Gasteiger partial charge in [-0.1, -0.05) is 30.3 Å². The van der Waals surface area contributed by atoms with Crippen molar-refractivity contribution in [2.24, 2.45) is 0 Å². The number of carbonyl (C=O) groups is 1. The summed E-state index contributed by atoms with van der Waals surface area (Å²) in [6.45, 7) is 3.89. The Kier molecular flexibility index (Phi) is 8.85. The highest BCUT2D eigenvalue weighted by molar-refractivity contribution is 7.89. The molecule has 1 unspecified atom stereocenters. The van der Waals surface area contributed by atoms with Gasteiger partial charge in [0, 0.05) is 32.7 Å². The van der Waals surface area contributed by atoms with Crippen LogP contribution in [0.2, 0.25) is 0 Å². The smallest absolute Gasteiger partial charge is 0.263 e. The molecule has 0 aromatic heterocycles. The number of hydrogen-bond acceptors (Lipinski definition) is 6. The number of piperazine rings is 1. The average molecular weight is 542 g/mol. The Morgan fingerprint density at radius 2 is 1.68 bits per heavy atom. The molecule has 0 aliphatic carbocycles. The molecule has 0 saturated carbocycles. The van der Waals surface area contributed by atoms with Gasteiger partial charge in [0.05, 0.1) is 17.7 Å². The van der Waals surface area contributed by atoms with E-state index in [-0.39, 0.29) is 23.2 Å². The predicted octanol–water partition coefficient (Wildman–Crippen LogP) is 3.47. The van der Waals surface area contributed by atoms with Gasteiger partial charge in [0.15, 0.2) is 6.10 Å². The van der Waals surface area contributed by atoms with Gasteiger partial charge < -0.3 is 19.3 Å². The first-order valence-corrected chi connectivity index (χ1v) is 13.9. The Bertz CT molecular complexity index is 1330. The summed E-state index contributed by atoms with van der Waals surface area (Å²) in [5.41, 5.74) is 1.48. The first-order valence-electron chi connectivity index (χ1n) is 12.4. The quantitative estimate of drug-likeness (QED) is 0.423. The molecule has 1 atom stereocenters. The topological polar surface area (TPSA) is 88.2 Å². The van der Waals surface area contributed by atoms with Crippen molar-refractivity contribution in [1.29, 1.82) is 0 Å². The minimum Gasteiger partial charge on any atom is -0.495 e. The highest BCUT2D eigenvalue weighted by atomic mass is 32.2. The summed E-state index contributed by atoms with van der Waals surface area (Å²) in [5.74, 6) is 0.763. The number of ether oxygens (including phenoxy) is 2. The van der Waals surface area contributed by atoms with Crippen LogP contribution in [0, 0.1) is 5.82 Å². The van der Waals surface area contributed by atoms with Crippen LogP contribution in [-0.4, -0.2) is 65.2 Å². The number of rotatable bonds is 10. The molecular formula is C28H32FN3O5S. The maximum absolute atomic E-state index is 13.1. The minimum atomic E-state index is -3.78. The molecule has 1 fully saturated rings. The number of nitrogens with zero attached hydrogens (tertiary/aromatic N) is 2. The van der Waals surface area contributed by atoms with Gasteiger partial charge in [0.2, 0.25) is 10.0 Å². The van der Waals surface area contributed by atoms with Crippen molar-refractivity contribution in [3.8, 4) is 11.5 Å². The second-order valence-corrected chi connectivity index (χ2v) is 10.8. The molecule has 1 N–H and O–H groups in total. The average Bonchev–Trinajstić information content (AvgIpc) is 2.94. The number of halogens is 1. The molecule has 1 aliphatic heterocycles. The van der Waals surface area contributed by atoms with E-state index < -0.39 is 16.1 Å². The number of benzene rings is 3. The van der Waals surface area contributed by atoms with Gasteiger partial charge in [0.1, 0.15) is 17.3 Å². The Hall–Kier alpha value is -3.63. The molecule has 0 spiro atoms. The molecule has 10 heteroatoms. The van der Waals surface area contributed by atoms with Crippen LogP contribution in [0.25, 0.3) is 0 Å². The minimum absolute atomic E-state index is 0.0952. The van der Waals surface area contributed by atoms with Crippen LogP contribution in [0.1, 0.15) is 12.5 Å². The van der Waals surface area contributed by atoms with Gasteiger partial charge in [-0.25, -0.2) is 17.5 Å². The SMILES string of the molecule is COc1ccc(S(=O)(=O)NCCc2ccc(F)cc2)cc1N1CCN(C(=O)C(C)Oc2ccccc2)CC1. The van der Waals surface area contributed by atoms with Crippen molar-refractivity contribution in [2.75, 3.05) is 44.7 Å². The summed E-state index contributed by atoms with van der Waals surface area (Å²) in [6.07, 6.45) is -0.182. The van der Waals surface area contributed by atoms with Gasteiger partial charge in [-0.2, -0.15) is 0 Å². The monoisotopic (exact) mass is 541 g/mol. The molecule has 3 aromatic carbocycles. The third-order valence-corrected chi connectivity index (χ3v) is 7.87. The molecule has 38 heavy (non-hydrogen) atoms. The number of sulfonamides is 1. The Morgan fingerprint density at radius 1 is 1.00 bits per heavy atom. The van der Waals surface area contributed by atoms with E-state index in [0.717, 1.165) is 5.56 Å². The van der Waals surface area contributed by atoms with Crippen molar-refractivity contribution in [1.82, 2.24) is 9.62 Å². The predicted molar refractivity (Wildman–Crippen MR) is 144 cm³/mol. The Morgan fingerprint density at radius 3 is 2.34 bits per heavy atom. The maximum atomic E-state index is 13.1. The van der Waals surface area contributed by atoms with E-state index in [0.29, 0.717) is 49.8 Å². The fraction of sp³-hybridized carbons (Fsp3) is 0.321. The van der Waals surface area contributed by atoms with Gasteiger partial charge in [-0.3, -0.25) is 4.79 Å². The zero-order valence-corrected chi connectivity index (χ0v) is 22.3. The van der Waals surface area contributed by atoms with Crippen LogP contribution in [0.5, 0.6) is 11.5 Å². The third-order valence-electron chi connectivity index (χ3n) is 6.42. The van der Waals surface area contributed by atoms with E-state index in [4.69, 9.17) is 9.47 Å². The number of hydrogen-bond donors (Lipinski definition) is 1. The molecular weight excluding hydrogens is 509 g/mol. The Balaban J connectivity index is 1.38. The molecule has 1 heterocycles. The molecule has 4 rings (SSSR count). The lowest BCUT2D eigenvalue weighted by molar-refractivity contribution is -0.138. The highest BCUT2D eigenvalue weighted by Gasteiger charge is 2.28. The van der Waals surface area contributed by atoms with Gasteiger partial charge in [-0.05, 0) is 61.4 Å². The fourth-order valence-corrected chi connectivity index (χ4v) is 5.38. The summed E-state index contributed by atoms with van der Waals surface area (Å²) in [7, 11) is -2.24. The van der Waals surface area contributed by atoms with E-state index in [1.807, 2.05) is 35.2 Å². The molecule has 8 nitrogen and oxygen atoms in total. The lowest BCUT2D eigenvalue weighted by Crippen LogP contribution is -2.52. The first kappa shape index (κ1) is 27.4. The second kappa shape index (κ2) is 12.3. The van der Waals surface area contributed by atoms with Gasteiger partial charge >= 0.3 is 0 Å². The van der Waals surface area contributed by atoms with Crippen molar-refractivity contribution in [2.45, 2.75) is 24.3 Å². The summed E-state index contributed by atoms with van der Waals surface area (Å²) in [4.78, 5) is 16.8. The lowest BCUT2D eigenvalue weighted by Gasteiger charge is -2.37. The van der Waals surface area contributed by atoms with Crippen LogP contribution in [0.15, 0.2) is 77.7 Å². The number of amides is 1. The van der Waals surface area contributed by atoms with E-state index >= 15 is 0 Å². The Labute approximate surface area is 223 Å². The summed E-state index contributed by atoms with van der Waals surface area (Å²) in [5, 5.41) is 0. The lowest BCUT2D eigenvalue weighted by atomic mass is 10.1. The molecule has 1 amide bonds. The molecule has 0 bridgehead atoms. The van der Waals surface area contributed by atoms with Crippen LogP contribution < -0.4 is 19.1 Å². The number of anilines is 1. The largest absolute Gasteiger partial charge is 0.495 e. The molecule has 1 saturated heterocycles. The third kappa shape index (κ3) is 6.81. The van der Waals surface area contributed by atoms with E-state index in [1.165, 1.54) is 25.3 Å². The van der Waals surface area contributed by atoms with Crippen LogP contribution in [0.4, 0.5) is 10.1 Å². The van der Waals surface area contributed by atoms with Crippen molar-refractivity contribution in [3.63, 3.8) is 0 Å². The number of methoxy groups -OCH3 is 1. The van der Waals surface area contributed by atoms with Gasteiger partial charge in [0.25, 0.3) is 5.91 Å². The van der Waals surface area contributed by atoms with Gasteiger partial charge in [-0.15, -0.1) is 0 Å². The number of nitrogens with one attached hydrogen (secondary N) is 1. The molecule has 202 valence electrons. The first-order chi connectivity index (χ1) is 18.3. The molecule has 0 radical (unpaired) electrons. The molecule has 3 aromatic rings. The molecule has 1 aliphatic rings. The highest BCUT2D eigenvalue weighted by Crippen LogP contribution is 2.32. The fourth-order valence-electron chi connectivity index (χ4n) is 4.33. The summed E-state index contributed by atoms with van der Waals surface area (Å²) in [6, 6.07) is 19.9.